The zero-order chi connectivity index (χ0) is 28.4. The van der Waals surface area contributed by atoms with Crippen molar-refractivity contribution in [3.05, 3.63) is 90.1 Å². The lowest BCUT2D eigenvalue weighted by atomic mass is 9.82. The molecule has 2 aromatic heterocycles. The summed E-state index contributed by atoms with van der Waals surface area (Å²) in [5.74, 6) is 0. The van der Waals surface area contributed by atoms with Crippen LogP contribution in [0.5, 0.6) is 0 Å². The molecule has 0 aliphatic heterocycles. The molecule has 5 aromatic rings. The Morgan fingerprint density at radius 1 is 0.811 bits per heavy atom. The number of nitrogens with zero attached hydrogens (tertiary/aromatic N) is 1. The molecule has 3 aromatic carbocycles. The van der Waals surface area contributed by atoms with Crippen LogP contribution in [0.2, 0.25) is 0 Å². The Morgan fingerprint density at radius 3 is 2.30 bits per heavy atom. The number of hydrogen-bond acceptors (Lipinski definition) is 2. The molecule has 0 bridgehead atoms. The maximum absolute atomic E-state index is 13.7. The Hall–Kier alpha value is -3.18. The first-order chi connectivity index (χ1) is 18.1. The number of halogens is 3. The average Bonchev–Trinajstić information content (AvgIpc) is 3.30. The van der Waals surface area contributed by atoms with Gasteiger partial charge in [-0.2, -0.15) is 13.2 Å². The van der Waals surface area contributed by atoms with Gasteiger partial charge >= 0.3 is 6.18 Å². The van der Waals surface area contributed by atoms with Crippen LogP contribution in [0.4, 0.5) is 13.2 Å². The smallest absolute Gasteiger partial charge is 0.256 e. The summed E-state index contributed by atoms with van der Waals surface area (Å²) in [5.41, 5.74) is 1.48. The zero-order valence-corrected chi connectivity index (χ0v) is 22.3. The van der Waals surface area contributed by atoms with Gasteiger partial charge in [-0.05, 0) is 81.0 Å². The number of rotatable bonds is 4. The molecule has 0 radical (unpaired) electrons. The fourth-order valence-electron chi connectivity index (χ4n) is 4.50. The van der Waals surface area contributed by atoms with E-state index in [9.17, 15) is 13.2 Å². The summed E-state index contributed by atoms with van der Waals surface area (Å²) < 4.78 is 58.4. The van der Waals surface area contributed by atoms with Crippen molar-refractivity contribution in [1.29, 1.82) is 0 Å². The molecule has 0 fully saturated rings. The predicted octanol–water partition coefficient (Wildman–Crippen LogP) is 10.2. The number of fused-ring (bicyclic) bond motifs is 2. The summed E-state index contributed by atoms with van der Waals surface area (Å²) in [6.07, 6.45) is -5.50. The lowest BCUT2D eigenvalue weighted by Crippen LogP contribution is -2.34. The maximum Gasteiger partial charge on any atom is 0.394 e. The predicted molar refractivity (Wildman–Crippen MR) is 150 cm³/mol. The monoisotopic (exact) mass is 519 g/mol. The average molecular weight is 520 g/mol. The van der Waals surface area contributed by atoms with Gasteiger partial charge in [0.05, 0.1) is 11.1 Å². The van der Waals surface area contributed by atoms with E-state index in [-0.39, 0.29) is 11.0 Å². The fourth-order valence-corrected chi connectivity index (χ4v) is 5.60. The highest BCUT2D eigenvalue weighted by Crippen LogP contribution is 2.42. The molecule has 0 saturated carbocycles. The molecule has 0 atom stereocenters. The summed E-state index contributed by atoms with van der Waals surface area (Å²) in [5, 5.41) is 3.23. The summed E-state index contributed by atoms with van der Waals surface area (Å²) in [6.45, 7) is 8.42. The Labute approximate surface area is 222 Å². The molecule has 37 heavy (non-hydrogen) atoms. The van der Waals surface area contributed by atoms with Crippen LogP contribution < -0.4 is 0 Å². The van der Waals surface area contributed by atoms with Crippen molar-refractivity contribution in [3.63, 3.8) is 0 Å². The molecule has 0 N–H and O–H groups in total. The van der Waals surface area contributed by atoms with Crippen LogP contribution in [0, 0.1) is 5.41 Å². The van der Waals surface area contributed by atoms with E-state index in [1.165, 1.54) is 28.4 Å². The minimum absolute atomic E-state index is 0.0204. The van der Waals surface area contributed by atoms with Crippen LogP contribution in [0.1, 0.15) is 48.5 Å². The molecule has 5 rings (SSSR count). The molecule has 0 aliphatic carbocycles. The second-order valence-corrected chi connectivity index (χ2v) is 12.1. The Morgan fingerprint density at radius 2 is 1.57 bits per heavy atom. The Kier molecular flexibility index (Phi) is 5.58. The van der Waals surface area contributed by atoms with E-state index in [0.29, 0.717) is 0 Å². The van der Waals surface area contributed by atoms with Gasteiger partial charge in [0.1, 0.15) is 0 Å². The van der Waals surface area contributed by atoms with E-state index >= 15 is 0 Å². The minimum atomic E-state index is -4.69. The quantitative estimate of drug-likeness (QED) is 0.230. The lowest BCUT2D eigenvalue weighted by Gasteiger charge is -2.27. The van der Waals surface area contributed by atoms with Gasteiger partial charge in [0, 0.05) is 24.1 Å². The van der Waals surface area contributed by atoms with Gasteiger partial charge in [-0.1, -0.05) is 71.0 Å². The second-order valence-electron chi connectivity index (χ2n) is 11.0. The highest BCUT2D eigenvalue weighted by atomic mass is 32.1. The molecular weight excluding hydrogens is 487 g/mol. The fraction of sp³-hybridized carbons (Fsp3) is 0.281. The third-order valence-corrected chi connectivity index (χ3v) is 7.84. The largest absolute Gasteiger partial charge is 0.394 e. The zero-order valence-electron chi connectivity index (χ0n) is 23.5. The van der Waals surface area contributed by atoms with Gasteiger partial charge in [-0.3, -0.25) is 4.98 Å². The maximum atomic E-state index is 13.7. The van der Waals surface area contributed by atoms with Crippen molar-refractivity contribution in [2.75, 3.05) is 0 Å². The van der Waals surface area contributed by atoms with Crippen LogP contribution in [0.15, 0.2) is 79.0 Å². The molecule has 0 aliphatic rings. The molecular formula is C32H30F3NS. The molecule has 0 spiro atoms. The van der Waals surface area contributed by atoms with Gasteiger partial charge in [0.25, 0.3) is 0 Å². The normalized spacial score (nSPS) is 14.2. The first-order valence-electron chi connectivity index (χ1n) is 13.2. The van der Waals surface area contributed by atoms with Crippen LogP contribution in [-0.4, -0.2) is 11.2 Å². The number of alkyl halides is 3. The minimum Gasteiger partial charge on any atom is -0.256 e. The van der Waals surface area contributed by atoms with E-state index in [0.717, 1.165) is 51.0 Å². The van der Waals surface area contributed by atoms with Crippen molar-refractivity contribution in [3.8, 4) is 21.7 Å². The first-order valence-corrected chi connectivity index (χ1v) is 13.0. The number of hydrogen-bond donors (Lipinski definition) is 0. The number of aromatic nitrogens is 1. The van der Waals surface area contributed by atoms with Crippen LogP contribution in [0.3, 0.4) is 0 Å². The number of pyridine rings is 1. The van der Waals surface area contributed by atoms with Gasteiger partial charge < -0.3 is 0 Å². The summed E-state index contributed by atoms with van der Waals surface area (Å²) in [6, 6.07) is 23.4. The van der Waals surface area contributed by atoms with Crippen molar-refractivity contribution in [2.45, 2.75) is 52.6 Å². The van der Waals surface area contributed by atoms with E-state index in [1.807, 2.05) is 24.3 Å². The van der Waals surface area contributed by atoms with Crippen molar-refractivity contribution in [2.24, 2.45) is 5.41 Å². The van der Waals surface area contributed by atoms with Gasteiger partial charge in [-0.25, -0.2) is 0 Å². The highest BCUT2D eigenvalue weighted by molar-refractivity contribution is 7.22. The van der Waals surface area contributed by atoms with Crippen molar-refractivity contribution < 1.29 is 15.9 Å². The van der Waals surface area contributed by atoms with E-state index in [4.69, 9.17) is 2.74 Å². The van der Waals surface area contributed by atoms with Crippen molar-refractivity contribution in [1.82, 2.24) is 4.98 Å². The Balaban J connectivity index is 1.56. The SMILES string of the molecule is [2H]C([2H])(c1ccc2cc(-c3ccnc(-c4cc(C(C)(C)C)c5ccccc5c4)c3)sc2c1)C(C)(C)C(F)(F)F. The molecule has 0 amide bonds. The van der Waals surface area contributed by atoms with E-state index in [2.05, 4.69) is 56.1 Å². The summed E-state index contributed by atoms with van der Waals surface area (Å²) >= 11 is 1.44. The van der Waals surface area contributed by atoms with Crippen LogP contribution in [-0.2, 0) is 11.8 Å². The Bertz CT molecular complexity index is 1690. The molecule has 1 nitrogen and oxygen atoms in total. The molecule has 2 heterocycles. The number of thiophene rings is 1. The van der Waals surface area contributed by atoms with Crippen molar-refractivity contribution >= 4 is 32.2 Å². The summed E-state index contributed by atoms with van der Waals surface area (Å²) in [4.78, 5) is 5.61. The standard InChI is InChI=1S/C32H30F3NS/c1-30(2,3)26-16-24(15-21-8-6-7-9-25(21)26)27-17-23(12-13-36-27)29-18-22-11-10-20(14-28(22)37-29)19-31(4,5)32(33,34)35/h6-18H,19H2,1-5H3/i19D2. The highest BCUT2D eigenvalue weighted by Gasteiger charge is 2.46. The molecule has 190 valence electrons. The van der Waals surface area contributed by atoms with Gasteiger partial charge in [0.15, 0.2) is 0 Å². The van der Waals surface area contributed by atoms with Crippen LogP contribution in [0.25, 0.3) is 42.6 Å². The number of benzene rings is 3. The van der Waals surface area contributed by atoms with Gasteiger partial charge in [0.2, 0.25) is 0 Å². The summed E-state index contributed by atoms with van der Waals surface area (Å²) in [7, 11) is 0. The lowest BCUT2D eigenvalue weighted by molar-refractivity contribution is -0.211. The van der Waals surface area contributed by atoms with E-state index in [1.54, 1.807) is 18.3 Å². The molecule has 0 unspecified atom stereocenters. The first kappa shape index (κ1) is 23.0. The second kappa shape index (κ2) is 8.98. The van der Waals surface area contributed by atoms with Gasteiger partial charge in [-0.15, -0.1) is 11.3 Å². The third-order valence-electron chi connectivity index (χ3n) is 6.70. The third kappa shape index (κ3) is 5.02. The van der Waals surface area contributed by atoms with E-state index < -0.39 is 18.0 Å². The topological polar surface area (TPSA) is 12.9 Å². The van der Waals surface area contributed by atoms with Crippen LogP contribution >= 0.6 is 11.3 Å². The molecule has 5 heteroatoms. The molecule has 0 saturated heterocycles.